The monoisotopic (exact) mass is 454 g/mol. The Morgan fingerprint density at radius 3 is 2.03 bits per heavy atom. The molecule has 0 aliphatic carbocycles. The molecule has 3 aromatic rings. The van der Waals surface area contributed by atoms with Gasteiger partial charge >= 0.3 is 0 Å². The highest BCUT2D eigenvalue weighted by atomic mass is 35.5. The lowest BCUT2D eigenvalue weighted by Gasteiger charge is -2.24. The number of benzene rings is 3. The van der Waals surface area contributed by atoms with E-state index >= 15 is 0 Å². The van der Waals surface area contributed by atoms with Crippen LogP contribution in [-0.2, 0) is 14.8 Å². The van der Waals surface area contributed by atoms with Gasteiger partial charge in [0.05, 0.1) is 15.6 Å². The van der Waals surface area contributed by atoms with Crippen molar-refractivity contribution in [1.29, 1.82) is 0 Å². The minimum atomic E-state index is -4.29. The smallest absolute Gasteiger partial charge is 0.264 e. The maximum Gasteiger partial charge on any atom is 0.264 e. The molecule has 0 aromatic heterocycles. The molecule has 30 heavy (non-hydrogen) atoms. The van der Waals surface area contributed by atoms with Gasteiger partial charge in [-0.05, 0) is 66.7 Å². The first-order chi connectivity index (χ1) is 14.2. The minimum absolute atomic E-state index is 0.0213. The third-order valence-corrected chi connectivity index (χ3v) is 6.08. The molecule has 3 rings (SSSR count). The van der Waals surface area contributed by atoms with E-state index in [4.69, 9.17) is 11.6 Å². The molecule has 1 amide bonds. The number of amides is 1. The Morgan fingerprint density at radius 1 is 0.900 bits per heavy atom. The Labute approximate surface area is 175 Å². The van der Waals surface area contributed by atoms with Crippen molar-refractivity contribution >= 4 is 38.9 Å². The fourth-order valence-electron chi connectivity index (χ4n) is 2.56. The van der Waals surface area contributed by atoms with Crippen molar-refractivity contribution in [1.82, 2.24) is 0 Å². The molecule has 0 unspecified atom stereocenters. The van der Waals surface area contributed by atoms with Gasteiger partial charge in [0, 0.05) is 5.69 Å². The zero-order valence-electron chi connectivity index (χ0n) is 15.2. The number of sulfonamides is 1. The van der Waals surface area contributed by atoms with E-state index in [1.807, 2.05) is 0 Å². The number of hydrogen-bond acceptors (Lipinski definition) is 3. The van der Waals surface area contributed by atoms with E-state index in [1.165, 1.54) is 24.3 Å². The topological polar surface area (TPSA) is 66.5 Å². The number of hydrogen-bond donors (Lipinski definition) is 1. The highest BCUT2D eigenvalue weighted by Crippen LogP contribution is 2.25. The van der Waals surface area contributed by atoms with Crippen LogP contribution in [0.2, 0.25) is 5.02 Å². The molecule has 10 heteroatoms. The first-order valence-electron chi connectivity index (χ1n) is 8.45. The van der Waals surface area contributed by atoms with Gasteiger partial charge in [-0.3, -0.25) is 9.10 Å². The maximum absolute atomic E-state index is 13.3. The van der Waals surface area contributed by atoms with Gasteiger partial charge in [-0.1, -0.05) is 11.6 Å². The largest absolute Gasteiger partial charge is 0.324 e. The summed E-state index contributed by atoms with van der Waals surface area (Å²) in [6.45, 7) is -0.680. The fraction of sp³-hybridized carbons (Fsp3) is 0.0500. The average molecular weight is 455 g/mol. The molecule has 0 fully saturated rings. The van der Waals surface area contributed by atoms with Crippen molar-refractivity contribution in [2.45, 2.75) is 4.90 Å². The normalized spacial score (nSPS) is 11.2. The molecule has 156 valence electrons. The zero-order valence-corrected chi connectivity index (χ0v) is 16.7. The summed E-state index contributed by atoms with van der Waals surface area (Å²) < 4.78 is 66.7. The van der Waals surface area contributed by atoms with Crippen molar-refractivity contribution in [3.05, 3.63) is 89.2 Å². The Morgan fingerprint density at radius 2 is 1.47 bits per heavy atom. The summed E-state index contributed by atoms with van der Waals surface area (Å²) in [5, 5.41) is 2.20. The summed E-state index contributed by atoms with van der Waals surface area (Å²) in [6, 6.07) is 12.0. The van der Waals surface area contributed by atoms with Gasteiger partial charge in [0.1, 0.15) is 24.0 Å². The number of rotatable bonds is 6. The average Bonchev–Trinajstić information content (AvgIpc) is 2.70. The molecule has 1 N–H and O–H groups in total. The molecule has 0 bridgehead atoms. The van der Waals surface area contributed by atoms with Crippen LogP contribution in [0.5, 0.6) is 0 Å². The summed E-state index contributed by atoms with van der Waals surface area (Å²) in [5.74, 6) is -2.66. The first-order valence-corrected chi connectivity index (χ1v) is 10.3. The Kier molecular flexibility index (Phi) is 6.33. The van der Waals surface area contributed by atoms with Gasteiger partial charge in [-0.25, -0.2) is 21.6 Å². The number of anilines is 2. The molecule has 0 aliphatic rings. The minimum Gasteiger partial charge on any atom is -0.324 e. The van der Waals surface area contributed by atoms with Gasteiger partial charge in [0.15, 0.2) is 0 Å². The van der Waals surface area contributed by atoms with Gasteiger partial charge in [0.2, 0.25) is 5.91 Å². The Hall–Kier alpha value is -3.04. The van der Waals surface area contributed by atoms with Gasteiger partial charge in [-0.2, -0.15) is 0 Å². The molecule has 0 spiro atoms. The second-order valence-electron chi connectivity index (χ2n) is 6.12. The van der Waals surface area contributed by atoms with Gasteiger partial charge < -0.3 is 5.32 Å². The van der Waals surface area contributed by atoms with Crippen molar-refractivity contribution in [3.8, 4) is 0 Å². The molecule has 0 heterocycles. The lowest BCUT2D eigenvalue weighted by Crippen LogP contribution is -2.38. The number of nitrogens with one attached hydrogen (secondary N) is 1. The van der Waals surface area contributed by atoms with Crippen LogP contribution < -0.4 is 9.62 Å². The molecule has 0 aliphatic heterocycles. The lowest BCUT2D eigenvalue weighted by atomic mass is 10.3. The molecule has 0 saturated carbocycles. The third kappa shape index (κ3) is 4.92. The van der Waals surface area contributed by atoms with Crippen molar-refractivity contribution < 1.29 is 26.4 Å². The Bertz CT molecular complexity index is 1170. The van der Waals surface area contributed by atoms with E-state index in [1.54, 1.807) is 0 Å². The van der Waals surface area contributed by atoms with E-state index in [0.717, 1.165) is 46.8 Å². The van der Waals surface area contributed by atoms with Crippen LogP contribution in [0.3, 0.4) is 0 Å². The molecule has 0 radical (unpaired) electrons. The second kappa shape index (κ2) is 8.76. The SMILES string of the molecule is O=C(CN(c1ccc(F)cc1)S(=O)(=O)c1ccc(F)cc1)Nc1ccc(F)c(Cl)c1. The molecule has 5 nitrogen and oxygen atoms in total. The van der Waals surface area contributed by atoms with Crippen LogP contribution in [0.25, 0.3) is 0 Å². The first kappa shape index (κ1) is 21.7. The maximum atomic E-state index is 13.3. The van der Waals surface area contributed by atoms with E-state index in [9.17, 15) is 26.4 Å². The van der Waals surface area contributed by atoms with Crippen LogP contribution in [0.4, 0.5) is 24.5 Å². The lowest BCUT2D eigenvalue weighted by molar-refractivity contribution is -0.114. The number of carbonyl (C=O) groups is 1. The predicted molar refractivity (Wildman–Crippen MR) is 107 cm³/mol. The number of carbonyl (C=O) groups excluding carboxylic acids is 1. The highest BCUT2D eigenvalue weighted by molar-refractivity contribution is 7.92. The summed E-state index contributed by atoms with van der Waals surface area (Å²) >= 11 is 5.68. The van der Waals surface area contributed by atoms with Crippen LogP contribution in [0.15, 0.2) is 71.6 Å². The van der Waals surface area contributed by atoms with E-state index in [-0.39, 0.29) is 21.3 Å². The van der Waals surface area contributed by atoms with E-state index < -0.39 is 39.9 Å². The van der Waals surface area contributed by atoms with Crippen LogP contribution in [0.1, 0.15) is 0 Å². The molecule has 3 aromatic carbocycles. The van der Waals surface area contributed by atoms with E-state index in [0.29, 0.717) is 0 Å². The standard InChI is InChI=1S/C20H14ClF3N2O3S/c21-18-11-15(5-10-19(18)24)25-20(27)12-26(16-6-1-13(22)2-7-16)30(28,29)17-8-3-14(23)4-9-17/h1-11H,12H2,(H,25,27). The van der Waals surface area contributed by atoms with E-state index in [2.05, 4.69) is 5.32 Å². The van der Waals surface area contributed by atoms with Gasteiger partial charge in [0.25, 0.3) is 10.0 Å². The molecular formula is C20H14ClF3N2O3S. The van der Waals surface area contributed by atoms with Crippen molar-refractivity contribution in [3.63, 3.8) is 0 Å². The summed E-state index contributed by atoms with van der Waals surface area (Å²) in [4.78, 5) is 12.2. The number of halogens is 4. The van der Waals surface area contributed by atoms with Crippen LogP contribution in [-0.4, -0.2) is 20.9 Å². The molecule has 0 atom stereocenters. The molecule has 0 saturated heterocycles. The summed E-state index contributed by atoms with van der Waals surface area (Å²) in [7, 11) is -4.29. The van der Waals surface area contributed by atoms with Crippen LogP contribution >= 0.6 is 11.6 Å². The molecular weight excluding hydrogens is 441 g/mol. The number of nitrogens with zero attached hydrogens (tertiary/aromatic N) is 1. The summed E-state index contributed by atoms with van der Waals surface area (Å²) in [6.07, 6.45) is 0. The van der Waals surface area contributed by atoms with Crippen molar-refractivity contribution in [2.24, 2.45) is 0 Å². The highest BCUT2D eigenvalue weighted by Gasteiger charge is 2.27. The zero-order chi connectivity index (χ0) is 21.9. The summed E-state index contributed by atoms with van der Waals surface area (Å²) in [5.41, 5.74) is 0.178. The van der Waals surface area contributed by atoms with Crippen molar-refractivity contribution in [2.75, 3.05) is 16.2 Å². The third-order valence-electron chi connectivity index (χ3n) is 4.01. The Balaban J connectivity index is 1.93. The predicted octanol–water partition coefficient (Wildman–Crippen LogP) is 4.59. The van der Waals surface area contributed by atoms with Gasteiger partial charge in [-0.15, -0.1) is 0 Å². The second-order valence-corrected chi connectivity index (χ2v) is 8.39. The van der Waals surface area contributed by atoms with Crippen LogP contribution in [0, 0.1) is 17.5 Å². The fourth-order valence-corrected chi connectivity index (χ4v) is 4.16. The quantitative estimate of drug-likeness (QED) is 0.592.